The average Bonchev–Trinajstić information content (AvgIpc) is 2.61. The molecule has 6 heteroatoms. The predicted octanol–water partition coefficient (Wildman–Crippen LogP) is 1.68. The first-order valence-corrected chi connectivity index (χ1v) is 8.37. The van der Waals surface area contributed by atoms with E-state index in [1.54, 1.807) is 14.2 Å². The molecule has 1 fully saturated rings. The van der Waals surface area contributed by atoms with Gasteiger partial charge in [0.1, 0.15) is 5.75 Å². The summed E-state index contributed by atoms with van der Waals surface area (Å²) < 4.78 is 15.9. The average molecular weight is 335 g/mol. The number of ether oxygens (including phenoxy) is 3. The van der Waals surface area contributed by atoms with Gasteiger partial charge in [0.2, 0.25) is 0 Å². The first-order chi connectivity index (χ1) is 11.6. The molecule has 0 spiro atoms. The van der Waals surface area contributed by atoms with Crippen molar-refractivity contribution in [3.63, 3.8) is 0 Å². The standard InChI is InChI=1S/C18H29N3O3/c1-14(12-22-2)21-17(19)20-13-18(8-10-24-11-9-18)15-4-6-16(23-3)7-5-15/h4-7,14H,8-13H2,1-3H3,(H3,19,20,21). The lowest BCUT2D eigenvalue weighted by Gasteiger charge is -2.36. The maximum atomic E-state index is 6.04. The van der Waals surface area contributed by atoms with Crippen molar-refractivity contribution in [1.29, 1.82) is 0 Å². The van der Waals surface area contributed by atoms with Gasteiger partial charge in [-0.05, 0) is 37.5 Å². The van der Waals surface area contributed by atoms with E-state index in [0.717, 1.165) is 31.8 Å². The minimum Gasteiger partial charge on any atom is -0.497 e. The molecule has 1 aromatic carbocycles. The van der Waals surface area contributed by atoms with Crippen LogP contribution in [0, 0.1) is 0 Å². The van der Waals surface area contributed by atoms with Gasteiger partial charge in [-0.25, -0.2) is 0 Å². The number of benzene rings is 1. The zero-order valence-electron chi connectivity index (χ0n) is 14.9. The monoisotopic (exact) mass is 335 g/mol. The Morgan fingerprint density at radius 2 is 1.96 bits per heavy atom. The topological polar surface area (TPSA) is 78.1 Å². The van der Waals surface area contributed by atoms with Gasteiger partial charge in [-0.3, -0.25) is 4.99 Å². The van der Waals surface area contributed by atoms with Gasteiger partial charge in [0, 0.05) is 31.8 Å². The molecule has 0 amide bonds. The van der Waals surface area contributed by atoms with Crippen LogP contribution >= 0.6 is 0 Å². The molecular formula is C18H29N3O3. The lowest BCUT2D eigenvalue weighted by Crippen LogP contribution is -2.43. The highest BCUT2D eigenvalue weighted by Gasteiger charge is 2.34. The summed E-state index contributed by atoms with van der Waals surface area (Å²) >= 11 is 0. The predicted molar refractivity (Wildman–Crippen MR) is 95.7 cm³/mol. The smallest absolute Gasteiger partial charge is 0.188 e. The van der Waals surface area contributed by atoms with E-state index in [4.69, 9.17) is 19.9 Å². The van der Waals surface area contributed by atoms with Crippen LogP contribution in [0.25, 0.3) is 0 Å². The number of hydrogen-bond donors (Lipinski definition) is 2. The van der Waals surface area contributed by atoms with Gasteiger partial charge < -0.3 is 25.3 Å². The molecule has 1 aliphatic rings. The first-order valence-electron chi connectivity index (χ1n) is 8.37. The van der Waals surface area contributed by atoms with E-state index in [1.165, 1.54) is 5.56 Å². The van der Waals surface area contributed by atoms with Gasteiger partial charge in [0.05, 0.1) is 20.3 Å². The van der Waals surface area contributed by atoms with E-state index in [-0.39, 0.29) is 11.5 Å². The molecule has 1 atom stereocenters. The van der Waals surface area contributed by atoms with Crippen LogP contribution in [0.1, 0.15) is 25.3 Å². The summed E-state index contributed by atoms with van der Waals surface area (Å²) in [6.45, 7) is 4.73. The van der Waals surface area contributed by atoms with Crippen LogP contribution in [-0.2, 0) is 14.9 Å². The molecule has 1 saturated heterocycles. The fraction of sp³-hybridized carbons (Fsp3) is 0.611. The molecule has 1 aromatic rings. The Balaban J connectivity index is 2.12. The number of nitrogens with two attached hydrogens (primary N) is 1. The van der Waals surface area contributed by atoms with Crippen LogP contribution in [0.15, 0.2) is 29.3 Å². The zero-order chi connectivity index (χ0) is 17.4. The normalized spacial score (nSPS) is 18.9. The van der Waals surface area contributed by atoms with Crippen molar-refractivity contribution in [3.05, 3.63) is 29.8 Å². The van der Waals surface area contributed by atoms with Crippen LogP contribution < -0.4 is 15.8 Å². The molecule has 0 aromatic heterocycles. The van der Waals surface area contributed by atoms with Crippen molar-refractivity contribution in [3.8, 4) is 5.75 Å². The second kappa shape index (κ2) is 8.89. The van der Waals surface area contributed by atoms with Gasteiger partial charge in [0.15, 0.2) is 5.96 Å². The van der Waals surface area contributed by atoms with E-state index in [0.29, 0.717) is 19.1 Å². The Bertz CT molecular complexity index is 525. The van der Waals surface area contributed by atoms with E-state index in [9.17, 15) is 0 Å². The summed E-state index contributed by atoms with van der Waals surface area (Å²) in [6.07, 6.45) is 1.87. The molecule has 0 saturated carbocycles. The van der Waals surface area contributed by atoms with Crippen LogP contribution in [-0.4, -0.2) is 52.6 Å². The van der Waals surface area contributed by atoms with Crippen molar-refractivity contribution >= 4 is 5.96 Å². The number of nitrogens with one attached hydrogen (secondary N) is 1. The quantitative estimate of drug-likeness (QED) is 0.585. The molecule has 1 aliphatic heterocycles. The second-order valence-corrected chi connectivity index (χ2v) is 6.32. The maximum Gasteiger partial charge on any atom is 0.188 e. The molecule has 2 rings (SSSR count). The summed E-state index contributed by atoms with van der Waals surface area (Å²) in [4.78, 5) is 4.60. The third-order valence-electron chi connectivity index (χ3n) is 4.52. The van der Waals surface area contributed by atoms with E-state index >= 15 is 0 Å². The van der Waals surface area contributed by atoms with Crippen LogP contribution in [0.2, 0.25) is 0 Å². The molecule has 24 heavy (non-hydrogen) atoms. The van der Waals surface area contributed by atoms with E-state index < -0.39 is 0 Å². The number of rotatable bonds is 7. The largest absolute Gasteiger partial charge is 0.497 e. The SMILES string of the molecule is COCC(C)NC(N)=NCC1(c2ccc(OC)cc2)CCOCC1. The highest BCUT2D eigenvalue weighted by molar-refractivity contribution is 5.78. The van der Waals surface area contributed by atoms with Crippen molar-refractivity contribution in [2.45, 2.75) is 31.2 Å². The Hall–Kier alpha value is -1.79. The van der Waals surface area contributed by atoms with Gasteiger partial charge in [-0.15, -0.1) is 0 Å². The number of aliphatic imine (C=N–C) groups is 1. The molecular weight excluding hydrogens is 306 g/mol. The number of guanidine groups is 1. The summed E-state index contributed by atoms with van der Waals surface area (Å²) in [5, 5.41) is 3.16. The highest BCUT2D eigenvalue weighted by atomic mass is 16.5. The Morgan fingerprint density at radius 1 is 1.29 bits per heavy atom. The highest BCUT2D eigenvalue weighted by Crippen LogP contribution is 2.36. The Labute approximate surface area is 144 Å². The van der Waals surface area contributed by atoms with Crippen molar-refractivity contribution in [2.24, 2.45) is 10.7 Å². The fourth-order valence-corrected chi connectivity index (χ4v) is 3.07. The Morgan fingerprint density at radius 3 is 2.54 bits per heavy atom. The zero-order valence-corrected chi connectivity index (χ0v) is 14.9. The molecule has 1 heterocycles. The number of hydrogen-bond acceptors (Lipinski definition) is 4. The minimum absolute atomic E-state index is 0.0404. The lowest BCUT2D eigenvalue weighted by atomic mass is 9.74. The molecule has 3 N–H and O–H groups in total. The maximum absolute atomic E-state index is 6.04. The van der Waals surface area contributed by atoms with Crippen LogP contribution in [0.3, 0.4) is 0 Å². The lowest BCUT2D eigenvalue weighted by molar-refractivity contribution is 0.0531. The summed E-state index contributed by atoms with van der Waals surface area (Å²) in [5.74, 6) is 1.32. The van der Waals surface area contributed by atoms with Crippen molar-refractivity contribution in [1.82, 2.24) is 5.32 Å². The molecule has 1 unspecified atom stereocenters. The van der Waals surface area contributed by atoms with E-state index in [2.05, 4.69) is 22.4 Å². The molecule has 0 bridgehead atoms. The molecule has 0 radical (unpaired) electrons. The van der Waals surface area contributed by atoms with Crippen LogP contribution in [0.4, 0.5) is 0 Å². The Kier molecular flexibility index (Phi) is 6.87. The molecule has 6 nitrogen and oxygen atoms in total. The van der Waals surface area contributed by atoms with Crippen molar-refractivity contribution in [2.75, 3.05) is 40.6 Å². The first kappa shape index (κ1) is 18.5. The third kappa shape index (κ3) is 4.85. The fourth-order valence-electron chi connectivity index (χ4n) is 3.07. The third-order valence-corrected chi connectivity index (χ3v) is 4.52. The van der Waals surface area contributed by atoms with Gasteiger partial charge in [-0.1, -0.05) is 12.1 Å². The van der Waals surface area contributed by atoms with E-state index in [1.807, 2.05) is 19.1 Å². The van der Waals surface area contributed by atoms with Gasteiger partial charge >= 0.3 is 0 Å². The van der Waals surface area contributed by atoms with Crippen LogP contribution in [0.5, 0.6) is 5.75 Å². The minimum atomic E-state index is -0.0404. The second-order valence-electron chi connectivity index (χ2n) is 6.32. The van der Waals surface area contributed by atoms with Gasteiger partial charge in [-0.2, -0.15) is 0 Å². The van der Waals surface area contributed by atoms with Crippen molar-refractivity contribution < 1.29 is 14.2 Å². The van der Waals surface area contributed by atoms with Gasteiger partial charge in [0.25, 0.3) is 0 Å². The number of methoxy groups -OCH3 is 2. The summed E-state index contributed by atoms with van der Waals surface area (Å²) in [7, 11) is 3.35. The summed E-state index contributed by atoms with van der Waals surface area (Å²) in [6, 6.07) is 8.37. The number of nitrogens with zero attached hydrogens (tertiary/aromatic N) is 1. The molecule has 0 aliphatic carbocycles. The molecule has 134 valence electrons. The summed E-state index contributed by atoms with van der Waals surface area (Å²) in [5.41, 5.74) is 7.25.